The smallest absolute Gasteiger partial charge is 0.311 e. The van der Waals surface area contributed by atoms with Gasteiger partial charge >= 0.3 is 5.69 Å². The maximum absolute atomic E-state index is 11.3. The summed E-state index contributed by atoms with van der Waals surface area (Å²) in [5.74, 6) is 1.07. The van der Waals surface area contributed by atoms with Crippen molar-refractivity contribution in [1.82, 2.24) is 0 Å². The lowest BCUT2D eigenvalue weighted by Crippen LogP contribution is -2.04. The van der Waals surface area contributed by atoms with Gasteiger partial charge in [0.25, 0.3) is 0 Å². The van der Waals surface area contributed by atoms with E-state index in [4.69, 9.17) is 9.15 Å². The van der Waals surface area contributed by atoms with Crippen LogP contribution < -0.4 is 10.1 Å². The number of hydrogen-bond acceptors (Lipinski definition) is 6. The van der Waals surface area contributed by atoms with Crippen molar-refractivity contribution >= 4 is 29.2 Å². The average Bonchev–Trinajstić information content (AvgIpc) is 3.16. The monoisotopic (exact) mass is 393 g/mol. The Balaban J connectivity index is 1.77. The number of nitrogens with zero attached hydrogens (tertiary/aromatic N) is 2. The lowest BCUT2D eigenvalue weighted by Gasteiger charge is -2.05. The zero-order valence-corrected chi connectivity index (χ0v) is 15.9. The quantitative estimate of drug-likeness (QED) is 0.347. The van der Waals surface area contributed by atoms with E-state index in [2.05, 4.69) is 10.3 Å². The molecule has 0 radical (unpaired) electrons. The Bertz CT molecular complexity index is 1050. The van der Waals surface area contributed by atoms with Crippen molar-refractivity contribution in [3.63, 3.8) is 0 Å². The Morgan fingerprint density at radius 1 is 1.21 bits per heavy atom. The summed E-state index contributed by atoms with van der Waals surface area (Å²) in [5, 5.41) is 14.0. The molecule has 1 heterocycles. The van der Waals surface area contributed by atoms with Gasteiger partial charge in [-0.1, -0.05) is 0 Å². The third-order valence-electron chi connectivity index (χ3n) is 3.90. The maximum atomic E-state index is 11.3. The minimum Gasteiger partial charge on any atom is -0.487 e. The average molecular weight is 393 g/mol. The lowest BCUT2D eigenvalue weighted by molar-refractivity contribution is -0.385. The Morgan fingerprint density at radius 3 is 2.62 bits per heavy atom. The van der Waals surface area contributed by atoms with Crippen LogP contribution in [0.2, 0.25) is 0 Å². The molecule has 1 amide bonds. The normalized spacial score (nSPS) is 10.8. The number of rotatable bonds is 7. The van der Waals surface area contributed by atoms with Gasteiger partial charge in [-0.15, -0.1) is 0 Å². The number of hydrogen-bond donors (Lipinski definition) is 1. The second-order valence-corrected chi connectivity index (χ2v) is 6.06. The van der Waals surface area contributed by atoms with Crippen molar-refractivity contribution in [2.45, 2.75) is 13.8 Å². The number of furan rings is 1. The molecule has 0 unspecified atom stereocenters. The molecule has 0 saturated heterocycles. The first-order valence-electron chi connectivity index (χ1n) is 8.89. The molecule has 8 nitrogen and oxygen atoms in total. The van der Waals surface area contributed by atoms with Crippen molar-refractivity contribution in [3.05, 3.63) is 70.5 Å². The topological polar surface area (TPSA) is 107 Å². The van der Waals surface area contributed by atoms with Crippen LogP contribution in [0.1, 0.15) is 19.6 Å². The van der Waals surface area contributed by atoms with E-state index in [1.165, 1.54) is 13.0 Å². The van der Waals surface area contributed by atoms with Gasteiger partial charge in [-0.2, -0.15) is 0 Å². The highest BCUT2D eigenvalue weighted by molar-refractivity contribution is 5.89. The molecule has 0 bridgehead atoms. The number of ether oxygens (including phenoxy) is 1. The van der Waals surface area contributed by atoms with Crippen LogP contribution in [0.3, 0.4) is 0 Å². The third kappa shape index (κ3) is 5.07. The van der Waals surface area contributed by atoms with Crippen LogP contribution in [-0.2, 0) is 4.79 Å². The Kier molecular flexibility index (Phi) is 6.03. The molecular formula is C21H19N3O5. The molecule has 29 heavy (non-hydrogen) atoms. The fourth-order valence-electron chi connectivity index (χ4n) is 2.64. The van der Waals surface area contributed by atoms with E-state index < -0.39 is 4.92 Å². The highest BCUT2D eigenvalue weighted by atomic mass is 16.6. The Morgan fingerprint density at radius 2 is 1.97 bits per heavy atom. The minimum atomic E-state index is -0.482. The summed E-state index contributed by atoms with van der Waals surface area (Å²) in [7, 11) is 0. The van der Waals surface area contributed by atoms with Crippen LogP contribution in [0.5, 0.6) is 5.75 Å². The van der Waals surface area contributed by atoms with Crippen molar-refractivity contribution < 1.29 is 18.9 Å². The van der Waals surface area contributed by atoms with Gasteiger partial charge in [-0.3, -0.25) is 19.9 Å². The summed E-state index contributed by atoms with van der Waals surface area (Å²) in [6, 6.07) is 15.2. The predicted molar refractivity (Wildman–Crippen MR) is 110 cm³/mol. The predicted octanol–water partition coefficient (Wildman–Crippen LogP) is 4.96. The van der Waals surface area contributed by atoms with Gasteiger partial charge in [0.15, 0.2) is 5.75 Å². The van der Waals surface area contributed by atoms with E-state index in [-0.39, 0.29) is 17.3 Å². The van der Waals surface area contributed by atoms with E-state index >= 15 is 0 Å². The first-order chi connectivity index (χ1) is 14.0. The van der Waals surface area contributed by atoms with Gasteiger partial charge in [0.05, 0.1) is 23.4 Å². The number of nitrogens with one attached hydrogen (secondary N) is 1. The fraction of sp³-hybridized carbons (Fsp3) is 0.143. The summed E-state index contributed by atoms with van der Waals surface area (Å²) >= 11 is 0. The van der Waals surface area contributed by atoms with E-state index in [1.807, 2.05) is 0 Å². The van der Waals surface area contributed by atoms with E-state index in [0.29, 0.717) is 35.1 Å². The Hall–Kier alpha value is -3.94. The Labute approximate surface area is 167 Å². The zero-order valence-electron chi connectivity index (χ0n) is 15.9. The van der Waals surface area contributed by atoms with Crippen LogP contribution in [0.4, 0.5) is 17.1 Å². The van der Waals surface area contributed by atoms with Gasteiger partial charge in [0, 0.05) is 24.2 Å². The molecule has 0 fully saturated rings. The second-order valence-electron chi connectivity index (χ2n) is 6.06. The van der Waals surface area contributed by atoms with Crippen LogP contribution in [0.15, 0.2) is 64.0 Å². The number of benzene rings is 2. The first-order valence-corrected chi connectivity index (χ1v) is 8.89. The highest BCUT2D eigenvalue weighted by Gasteiger charge is 2.17. The molecule has 8 heteroatoms. The van der Waals surface area contributed by atoms with Gasteiger partial charge in [-0.25, -0.2) is 0 Å². The SMILES string of the molecule is CCOc1ccc(-c2ccc(C=Nc3ccc(NC(C)=O)cc3)o2)cc1[N+](=O)[O-]. The van der Waals surface area contributed by atoms with Crippen LogP contribution in [0.25, 0.3) is 11.3 Å². The molecule has 0 aliphatic carbocycles. The molecule has 2 aromatic carbocycles. The number of nitro groups is 1. The lowest BCUT2D eigenvalue weighted by atomic mass is 10.1. The van der Waals surface area contributed by atoms with Crippen molar-refractivity contribution in [2.75, 3.05) is 11.9 Å². The molecule has 0 spiro atoms. The third-order valence-corrected chi connectivity index (χ3v) is 3.90. The minimum absolute atomic E-state index is 0.116. The number of aliphatic imine (C=N–C) groups is 1. The van der Waals surface area contributed by atoms with Gasteiger partial charge < -0.3 is 14.5 Å². The van der Waals surface area contributed by atoms with E-state index in [9.17, 15) is 14.9 Å². The highest BCUT2D eigenvalue weighted by Crippen LogP contribution is 2.33. The first kappa shape index (κ1) is 19.8. The van der Waals surface area contributed by atoms with Crippen LogP contribution >= 0.6 is 0 Å². The van der Waals surface area contributed by atoms with Crippen LogP contribution in [-0.4, -0.2) is 23.7 Å². The van der Waals surface area contributed by atoms with Gasteiger partial charge in [0.1, 0.15) is 11.5 Å². The molecule has 0 aliphatic rings. The number of anilines is 1. The van der Waals surface area contributed by atoms with Crippen molar-refractivity contribution in [1.29, 1.82) is 0 Å². The fourth-order valence-corrected chi connectivity index (χ4v) is 2.64. The summed E-state index contributed by atoms with van der Waals surface area (Å²) < 4.78 is 11.0. The standard InChI is InChI=1S/C21H19N3O5/c1-3-28-21-10-4-15(12-19(21)24(26)27)20-11-9-18(29-20)13-22-16-5-7-17(8-6-16)23-14(2)25/h4-13H,3H2,1-2H3,(H,23,25). The van der Waals surface area contributed by atoms with Crippen LogP contribution in [0, 0.1) is 10.1 Å². The molecule has 3 aromatic rings. The number of carbonyl (C=O) groups is 1. The summed E-state index contributed by atoms with van der Waals surface area (Å²) in [5.41, 5.74) is 1.83. The maximum Gasteiger partial charge on any atom is 0.311 e. The number of amides is 1. The van der Waals surface area contributed by atoms with Gasteiger partial charge in [0.2, 0.25) is 5.91 Å². The van der Waals surface area contributed by atoms with E-state index in [1.54, 1.807) is 61.7 Å². The zero-order chi connectivity index (χ0) is 20.8. The van der Waals surface area contributed by atoms with Gasteiger partial charge in [-0.05, 0) is 55.5 Å². The molecule has 0 atom stereocenters. The molecule has 3 rings (SSSR count). The number of carbonyl (C=O) groups excluding carboxylic acids is 1. The summed E-state index contributed by atoms with van der Waals surface area (Å²) in [6.07, 6.45) is 1.56. The molecule has 148 valence electrons. The molecule has 0 aliphatic heterocycles. The van der Waals surface area contributed by atoms with E-state index in [0.717, 1.165) is 0 Å². The molecule has 1 N–H and O–H groups in total. The summed E-state index contributed by atoms with van der Waals surface area (Å²) in [6.45, 7) is 3.55. The largest absolute Gasteiger partial charge is 0.487 e. The van der Waals surface area contributed by atoms with Crippen molar-refractivity contribution in [2.24, 2.45) is 4.99 Å². The summed E-state index contributed by atoms with van der Waals surface area (Å²) in [4.78, 5) is 26.2. The van der Waals surface area contributed by atoms with Crippen molar-refractivity contribution in [3.8, 4) is 17.1 Å². The second kappa shape index (κ2) is 8.83. The number of nitro benzene ring substituents is 1. The molecular weight excluding hydrogens is 374 g/mol. The molecule has 0 saturated carbocycles. The molecule has 1 aromatic heterocycles.